The SMILES string of the molecule is CC(C)CNc1ccccc1S(=O)(=O)O. The number of hydrogen-bond acceptors (Lipinski definition) is 3. The molecule has 84 valence electrons. The van der Waals surface area contributed by atoms with Crippen LogP contribution >= 0.6 is 0 Å². The average Bonchev–Trinajstić information content (AvgIpc) is 2.13. The quantitative estimate of drug-likeness (QED) is 0.775. The molecule has 15 heavy (non-hydrogen) atoms. The van der Waals surface area contributed by atoms with Gasteiger partial charge in [-0.3, -0.25) is 4.55 Å². The predicted octanol–water partition coefficient (Wildman–Crippen LogP) is 2.00. The minimum Gasteiger partial charge on any atom is -0.384 e. The van der Waals surface area contributed by atoms with E-state index in [1.807, 2.05) is 13.8 Å². The van der Waals surface area contributed by atoms with Gasteiger partial charge in [-0.15, -0.1) is 0 Å². The Morgan fingerprint density at radius 3 is 2.47 bits per heavy atom. The van der Waals surface area contributed by atoms with Gasteiger partial charge >= 0.3 is 0 Å². The lowest BCUT2D eigenvalue weighted by molar-refractivity contribution is 0.483. The van der Waals surface area contributed by atoms with E-state index in [1.54, 1.807) is 18.2 Å². The molecule has 0 unspecified atom stereocenters. The molecule has 0 aliphatic carbocycles. The molecule has 1 rings (SSSR count). The van der Waals surface area contributed by atoms with Crippen LogP contribution in [-0.4, -0.2) is 19.5 Å². The van der Waals surface area contributed by atoms with Crippen LogP contribution in [0.25, 0.3) is 0 Å². The Bertz CT molecular complexity index is 426. The van der Waals surface area contributed by atoms with Crippen LogP contribution < -0.4 is 5.32 Å². The largest absolute Gasteiger partial charge is 0.384 e. The van der Waals surface area contributed by atoms with E-state index in [9.17, 15) is 8.42 Å². The summed E-state index contributed by atoms with van der Waals surface area (Å²) in [4.78, 5) is -0.0781. The van der Waals surface area contributed by atoms with E-state index in [1.165, 1.54) is 6.07 Å². The Kier molecular flexibility index (Phi) is 3.71. The first kappa shape index (κ1) is 12.0. The van der Waals surface area contributed by atoms with Crippen LogP contribution in [0.1, 0.15) is 13.8 Å². The van der Waals surface area contributed by atoms with Gasteiger partial charge in [-0.2, -0.15) is 8.42 Å². The molecule has 0 heterocycles. The molecular formula is C10H15NO3S. The standard InChI is InChI=1S/C10H15NO3S/c1-8(2)7-11-9-5-3-4-6-10(9)15(12,13)14/h3-6,8,11H,7H2,1-2H3,(H,12,13,14). The van der Waals surface area contributed by atoms with E-state index in [2.05, 4.69) is 5.32 Å². The van der Waals surface area contributed by atoms with Gasteiger partial charge in [0.05, 0.1) is 5.69 Å². The lowest BCUT2D eigenvalue weighted by Crippen LogP contribution is -2.11. The highest BCUT2D eigenvalue weighted by Crippen LogP contribution is 2.20. The zero-order chi connectivity index (χ0) is 11.5. The second-order valence-corrected chi connectivity index (χ2v) is 5.14. The molecular weight excluding hydrogens is 214 g/mol. The van der Waals surface area contributed by atoms with Crippen LogP contribution in [0.15, 0.2) is 29.2 Å². The van der Waals surface area contributed by atoms with Gasteiger partial charge in [0.25, 0.3) is 10.1 Å². The van der Waals surface area contributed by atoms with Crippen molar-refractivity contribution in [3.05, 3.63) is 24.3 Å². The Morgan fingerprint density at radius 1 is 1.33 bits per heavy atom. The molecule has 1 aromatic carbocycles. The molecule has 0 aliphatic rings. The smallest absolute Gasteiger partial charge is 0.296 e. The molecule has 0 saturated heterocycles. The molecule has 0 spiro atoms. The number of hydrogen-bond donors (Lipinski definition) is 2. The highest BCUT2D eigenvalue weighted by atomic mass is 32.2. The van der Waals surface area contributed by atoms with Gasteiger partial charge in [-0.1, -0.05) is 26.0 Å². The molecule has 4 nitrogen and oxygen atoms in total. The number of rotatable bonds is 4. The first-order valence-corrected chi connectivity index (χ1v) is 6.15. The molecule has 0 radical (unpaired) electrons. The van der Waals surface area contributed by atoms with E-state index in [0.29, 0.717) is 18.2 Å². The van der Waals surface area contributed by atoms with Crippen molar-refractivity contribution in [3.8, 4) is 0 Å². The Labute approximate surface area is 90.1 Å². The molecule has 0 bridgehead atoms. The Morgan fingerprint density at radius 2 is 1.93 bits per heavy atom. The highest BCUT2D eigenvalue weighted by Gasteiger charge is 2.14. The third kappa shape index (κ3) is 3.53. The van der Waals surface area contributed by atoms with Crippen LogP contribution in [-0.2, 0) is 10.1 Å². The first-order valence-electron chi connectivity index (χ1n) is 4.71. The molecule has 2 N–H and O–H groups in total. The van der Waals surface area contributed by atoms with Gasteiger partial charge in [-0.05, 0) is 18.1 Å². The second kappa shape index (κ2) is 4.63. The first-order chi connectivity index (χ1) is 6.91. The van der Waals surface area contributed by atoms with Crippen molar-refractivity contribution in [2.45, 2.75) is 18.7 Å². The molecule has 0 aromatic heterocycles. The number of nitrogens with one attached hydrogen (secondary N) is 1. The van der Waals surface area contributed by atoms with Gasteiger partial charge in [0.15, 0.2) is 0 Å². The predicted molar refractivity (Wildman–Crippen MR) is 59.6 cm³/mol. The Balaban J connectivity index is 2.98. The van der Waals surface area contributed by atoms with Crippen molar-refractivity contribution in [2.75, 3.05) is 11.9 Å². The third-order valence-electron chi connectivity index (χ3n) is 1.87. The van der Waals surface area contributed by atoms with Gasteiger partial charge in [-0.25, -0.2) is 0 Å². The normalized spacial score (nSPS) is 11.7. The summed E-state index contributed by atoms with van der Waals surface area (Å²) < 4.78 is 31.0. The van der Waals surface area contributed by atoms with Crippen molar-refractivity contribution in [3.63, 3.8) is 0 Å². The summed E-state index contributed by atoms with van der Waals surface area (Å²) in [5, 5.41) is 2.98. The maximum Gasteiger partial charge on any atom is 0.296 e. The molecule has 0 aliphatic heterocycles. The monoisotopic (exact) mass is 229 g/mol. The fourth-order valence-electron chi connectivity index (χ4n) is 1.15. The minimum absolute atomic E-state index is 0.0781. The lowest BCUT2D eigenvalue weighted by Gasteiger charge is -2.11. The van der Waals surface area contributed by atoms with Crippen LogP contribution in [0.5, 0.6) is 0 Å². The topological polar surface area (TPSA) is 66.4 Å². The highest BCUT2D eigenvalue weighted by molar-refractivity contribution is 7.86. The van der Waals surface area contributed by atoms with Crippen LogP contribution in [0.4, 0.5) is 5.69 Å². The molecule has 1 aromatic rings. The molecule has 0 atom stereocenters. The van der Waals surface area contributed by atoms with E-state index in [4.69, 9.17) is 4.55 Å². The average molecular weight is 229 g/mol. The molecule has 0 amide bonds. The van der Waals surface area contributed by atoms with E-state index in [-0.39, 0.29) is 4.90 Å². The fourth-order valence-corrected chi connectivity index (χ4v) is 1.82. The van der Waals surface area contributed by atoms with Crippen LogP contribution in [0, 0.1) is 5.92 Å². The fraction of sp³-hybridized carbons (Fsp3) is 0.400. The van der Waals surface area contributed by atoms with Crippen LogP contribution in [0.2, 0.25) is 0 Å². The zero-order valence-electron chi connectivity index (χ0n) is 8.77. The lowest BCUT2D eigenvalue weighted by atomic mass is 10.2. The van der Waals surface area contributed by atoms with E-state index >= 15 is 0 Å². The van der Waals surface area contributed by atoms with Gasteiger partial charge in [0, 0.05) is 6.54 Å². The second-order valence-electron chi connectivity index (χ2n) is 3.75. The van der Waals surface area contributed by atoms with Crippen molar-refractivity contribution < 1.29 is 13.0 Å². The zero-order valence-corrected chi connectivity index (χ0v) is 9.58. The summed E-state index contributed by atoms with van der Waals surface area (Å²) in [6.45, 7) is 4.69. The molecule has 5 heteroatoms. The van der Waals surface area contributed by atoms with Crippen LogP contribution in [0.3, 0.4) is 0 Å². The number of para-hydroxylation sites is 1. The summed E-state index contributed by atoms with van der Waals surface area (Å²) in [5.41, 5.74) is 0.439. The van der Waals surface area contributed by atoms with Gasteiger partial charge < -0.3 is 5.32 Å². The summed E-state index contributed by atoms with van der Waals surface area (Å²) in [7, 11) is -4.14. The van der Waals surface area contributed by atoms with Gasteiger partial charge in [0.1, 0.15) is 4.90 Å². The maximum absolute atomic E-state index is 11.0. The van der Waals surface area contributed by atoms with Crippen molar-refractivity contribution in [1.82, 2.24) is 0 Å². The molecule has 0 fully saturated rings. The Hall–Kier alpha value is -1.07. The number of benzene rings is 1. The van der Waals surface area contributed by atoms with E-state index < -0.39 is 10.1 Å². The third-order valence-corrected chi connectivity index (χ3v) is 2.78. The maximum atomic E-state index is 11.0. The van der Waals surface area contributed by atoms with Crippen molar-refractivity contribution >= 4 is 15.8 Å². The van der Waals surface area contributed by atoms with Gasteiger partial charge in [0.2, 0.25) is 0 Å². The summed E-state index contributed by atoms with van der Waals surface area (Å²) in [6.07, 6.45) is 0. The summed E-state index contributed by atoms with van der Waals surface area (Å²) in [5.74, 6) is 0.402. The van der Waals surface area contributed by atoms with Crippen molar-refractivity contribution in [1.29, 1.82) is 0 Å². The number of anilines is 1. The van der Waals surface area contributed by atoms with E-state index in [0.717, 1.165) is 0 Å². The summed E-state index contributed by atoms with van der Waals surface area (Å²) in [6, 6.07) is 6.30. The van der Waals surface area contributed by atoms with Crippen molar-refractivity contribution in [2.24, 2.45) is 5.92 Å². The summed E-state index contributed by atoms with van der Waals surface area (Å²) >= 11 is 0. The minimum atomic E-state index is -4.14. The molecule has 0 saturated carbocycles.